The number of ether oxygens (including phenoxy) is 1. The van der Waals surface area contributed by atoms with Crippen molar-refractivity contribution in [3.05, 3.63) is 53.3 Å². The first kappa shape index (κ1) is 20.0. The standard InChI is InChI=1S/C17H18ClFN2O4S/c1-11(17(22)20-13-7-8-16(25-2)15(18)10-13)21(26(3,23)24)14-6-4-5-12(19)9-14/h4-11H,1-3H3,(H,20,22). The number of halogens is 2. The number of benzene rings is 2. The molecule has 0 radical (unpaired) electrons. The first-order chi connectivity index (χ1) is 12.1. The van der Waals surface area contributed by atoms with Gasteiger partial charge in [0.25, 0.3) is 0 Å². The third kappa shape index (κ3) is 4.64. The number of carbonyl (C=O) groups excluding carboxylic acids is 1. The molecule has 0 aliphatic rings. The van der Waals surface area contributed by atoms with Gasteiger partial charge in [0, 0.05) is 5.69 Å². The van der Waals surface area contributed by atoms with Gasteiger partial charge in [0.05, 0.1) is 24.1 Å². The number of nitrogens with zero attached hydrogens (tertiary/aromatic N) is 1. The minimum atomic E-state index is -3.83. The third-order valence-corrected chi connectivity index (χ3v) is 5.11. The van der Waals surface area contributed by atoms with Crippen LogP contribution in [0, 0.1) is 5.82 Å². The Balaban J connectivity index is 2.29. The fraction of sp³-hybridized carbons (Fsp3) is 0.235. The molecule has 6 nitrogen and oxygen atoms in total. The average Bonchev–Trinajstić information content (AvgIpc) is 2.54. The molecule has 0 fully saturated rings. The van der Waals surface area contributed by atoms with Crippen molar-refractivity contribution in [2.75, 3.05) is 23.0 Å². The molecule has 1 atom stereocenters. The maximum Gasteiger partial charge on any atom is 0.247 e. The quantitative estimate of drug-likeness (QED) is 0.807. The highest BCUT2D eigenvalue weighted by Gasteiger charge is 2.29. The van der Waals surface area contributed by atoms with Crippen molar-refractivity contribution >= 4 is 38.9 Å². The van der Waals surface area contributed by atoms with Crippen molar-refractivity contribution in [2.45, 2.75) is 13.0 Å². The fourth-order valence-electron chi connectivity index (χ4n) is 2.41. The van der Waals surface area contributed by atoms with E-state index in [-0.39, 0.29) is 5.69 Å². The zero-order valence-corrected chi connectivity index (χ0v) is 15.9. The molecule has 140 valence electrons. The van der Waals surface area contributed by atoms with Gasteiger partial charge in [0.2, 0.25) is 15.9 Å². The second kappa shape index (κ2) is 7.92. The van der Waals surface area contributed by atoms with Crippen LogP contribution in [0.2, 0.25) is 5.02 Å². The van der Waals surface area contributed by atoms with E-state index in [2.05, 4.69) is 5.32 Å². The van der Waals surface area contributed by atoms with Gasteiger partial charge >= 0.3 is 0 Å². The molecule has 1 unspecified atom stereocenters. The van der Waals surface area contributed by atoms with E-state index in [1.807, 2.05) is 0 Å². The molecule has 1 N–H and O–H groups in total. The topological polar surface area (TPSA) is 75.7 Å². The first-order valence-electron chi connectivity index (χ1n) is 7.53. The van der Waals surface area contributed by atoms with Crippen molar-refractivity contribution in [1.29, 1.82) is 0 Å². The number of rotatable bonds is 6. The zero-order chi connectivity index (χ0) is 19.5. The number of anilines is 2. The maximum atomic E-state index is 13.5. The molecule has 9 heteroatoms. The number of hydrogen-bond donors (Lipinski definition) is 1. The minimum absolute atomic E-state index is 0.0583. The summed E-state index contributed by atoms with van der Waals surface area (Å²) in [5.74, 6) is -0.762. The number of sulfonamides is 1. The van der Waals surface area contributed by atoms with E-state index >= 15 is 0 Å². The Kier molecular flexibility index (Phi) is 6.09. The summed E-state index contributed by atoms with van der Waals surface area (Å²) < 4.78 is 43.7. The van der Waals surface area contributed by atoms with Gasteiger partial charge in [-0.3, -0.25) is 9.10 Å². The summed E-state index contributed by atoms with van der Waals surface area (Å²) in [5, 5.41) is 2.89. The number of nitrogens with one attached hydrogen (secondary N) is 1. The summed E-state index contributed by atoms with van der Waals surface area (Å²) in [5.41, 5.74) is 0.434. The molecule has 1 amide bonds. The van der Waals surface area contributed by atoms with Crippen LogP contribution in [0.25, 0.3) is 0 Å². The molecule has 0 heterocycles. The predicted molar refractivity (Wildman–Crippen MR) is 99.8 cm³/mol. The van der Waals surface area contributed by atoms with Gasteiger partial charge in [-0.05, 0) is 43.3 Å². The lowest BCUT2D eigenvalue weighted by Gasteiger charge is -2.28. The summed E-state index contributed by atoms with van der Waals surface area (Å²) >= 11 is 6.02. The van der Waals surface area contributed by atoms with E-state index < -0.39 is 27.8 Å². The molecule has 2 aromatic carbocycles. The van der Waals surface area contributed by atoms with E-state index in [1.54, 1.807) is 12.1 Å². The average molecular weight is 401 g/mol. The summed E-state index contributed by atoms with van der Waals surface area (Å²) in [6.07, 6.45) is 0.950. The van der Waals surface area contributed by atoms with Gasteiger partial charge < -0.3 is 10.1 Å². The van der Waals surface area contributed by atoms with Gasteiger partial charge in [-0.2, -0.15) is 0 Å². The van der Waals surface area contributed by atoms with Crippen LogP contribution in [0.3, 0.4) is 0 Å². The molecule has 0 aromatic heterocycles. The SMILES string of the molecule is COc1ccc(NC(=O)C(C)N(c2cccc(F)c2)S(C)(=O)=O)cc1Cl. The van der Waals surface area contributed by atoms with E-state index in [9.17, 15) is 17.6 Å². The molecule has 0 aliphatic carbocycles. The van der Waals surface area contributed by atoms with E-state index in [4.69, 9.17) is 16.3 Å². The smallest absolute Gasteiger partial charge is 0.247 e. The van der Waals surface area contributed by atoms with Gasteiger partial charge in [0.15, 0.2) is 0 Å². The Morgan fingerprint density at radius 2 is 1.96 bits per heavy atom. The Bertz CT molecular complexity index is 921. The largest absolute Gasteiger partial charge is 0.495 e. The van der Waals surface area contributed by atoms with E-state index in [1.165, 1.54) is 38.3 Å². The van der Waals surface area contributed by atoms with Crippen molar-refractivity contribution in [1.82, 2.24) is 0 Å². The molecule has 2 rings (SSSR count). The second-order valence-corrected chi connectivity index (χ2v) is 7.82. The monoisotopic (exact) mass is 400 g/mol. The fourth-order valence-corrected chi connectivity index (χ4v) is 3.84. The number of methoxy groups -OCH3 is 1. The number of amides is 1. The molecule has 0 spiro atoms. The first-order valence-corrected chi connectivity index (χ1v) is 9.75. The summed E-state index contributed by atoms with van der Waals surface area (Å²) in [6, 6.07) is 8.54. The number of carbonyl (C=O) groups is 1. The van der Waals surface area contributed by atoms with Crippen molar-refractivity contribution in [3.63, 3.8) is 0 Å². The summed E-state index contributed by atoms with van der Waals surface area (Å²) in [4.78, 5) is 12.5. The van der Waals surface area contributed by atoms with Crippen molar-refractivity contribution in [2.24, 2.45) is 0 Å². The highest BCUT2D eigenvalue weighted by atomic mass is 35.5. The van der Waals surface area contributed by atoms with Crippen LogP contribution < -0.4 is 14.4 Å². The Morgan fingerprint density at radius 3 is 2.50 bits per heavy atom. The van der Waals surface area contributed by atoms with Gasteiger partial charge in [-0.15, -0.1) is 0 Å². The van der Waals surface area contributed by atoms with E-state index in [0.29, 0.717) is 16.5 Å². The third-order valence-electron chi connectivity index (χ3n) is 3.57. The van der Waals surface area contributed by atoms with Crippen LogP contribution in [0.15, 0.2) is 42.5 Å². The molecule has 0 saturated heterocycles. The van der Waals surface area contributed by atoms with Gasteiger partial charge in [-0.25, -0.2) is 12.8 Å². The highest BCUT2D eigenvalue weighted by Crippen LogP contribution is 2.28. The lowest BCUT2D eigenvalue weighted by atomic mass is 10.2. The molecule has 0 aliphatic heterocycles. The Labute approximate surface area is 156 Å². The minimum Gasteiger partial charge on any atom is -0.495 e. The second-order valence-electron chi connectivity index (χ2n) is 5.55. The van der Waals surface area contributed by atoms with Gasteiger partial charge in [-0.1, -0.05) is 17.7 Å². The summed E-state index contributed by atoms with van der Waals surface area (Å²) in [6.45, 7) is 1.41. The lowest BCUT2D eigenvalue weighted by Crippen LogP contribution is -2.45. The predicted octanol–water partition coefficient (Wildman–Crippen LogP) is 3.28. The zero-order valence-electron chi connectivity index (χ0n) is 14.4. The maximum absolute atomic E-state index is 13.5. The van der Waals surface area contributed by atoms with Crippen LogP contribution in [-0.2, 0) is 14.8 Å². The van der Waals surface area contributed by atoms with Crippen LogP contribution in [0.5, 0.6) is 5.75 Å². The molecule has 26 heavy (non-hydrogen) atoms. The Morgan fingerprint density at radius 1 is 1.27 bits per heavy atom. The number of hydrogen-bond acceptors (Lipinski definition) is 4. The molecular formula is C17H18ClFN2O4S. The summed E-state index contributed by atoms with van der Waals surface area (Å²) in [7, 11) is -2.37. The highest BCUT2D eigenvalue weighted by molar-refractivity contribution is 7.92. The van der Waals surface area contributed by atoms with Gasteiger partial charge in [0.1, 0.15) is 17.6 Å². The van der Waals surface area contributed by atoms with Crippen molar-refractivity contribution in [3.8, 4) is 5.75 Å². The Hall–Kier alpha value is -2.32. The van der Waals surface area contributed by atoms with Crippen LogP contribution >= 0.6 is 11.6 Å². The molecular weight excluding hydrogens is 383 g/mol. The lowest BCUT2D eigenvalue weighted by molar-refractivity contribution is -0.116. The van der Waals surface area contributed by atoms with Crippen LogP contribution in [-0.4, -0.2) is 33.7 Å². The van der Waals surface area contributed by atoms with E-state index in [0.717, 1.165) is 16.6 Å². The normalized spacial score (nSPS) is 12.3. The molecule has 0 bridgehead atoms. The van der Waals surface area contributed by atoms with Crippen molar-refractivity contribution < 1.29 is 22.3 Å². The van der Waals surface area contributed by atoms with Crippen LogP contribution in [0.4, 0.5) is 15.8 Å². The molecule has 0 saturated carbocycles. The molecule has 2 aromatic rings. The van der Waals surface area contributed by atoms with Crippen LogP contribution in [0.1, 0.15) is 6.92 Å².